The SMILES string of the molecule is NCCCC1(C2OCCO2)CCCCCC1. The first-order chi connectivity index (χ1) is 7.87. The van der Waals surface area contributed by atoms with Gasteiger partial charge in [0, 0.05) is 5.41 Å². The van der Waals surface area contributed by atoms with Gasteiger partial charge in [-0.3, -0.25) is 0 Å². The molecule has 2 fully saturated rings. The van der Waals surface area contributed by atoms with Crippen molar-refractivity contribution in [2.75, 3.05) is 19.8 Å². The van der Waals surface area contributed by atoms with E-state index in [-0.39, 0.29) is 11.7 Å². The lowest BCUT2D eigenvalue weighted by molar-refractivity contribution is -0.143. The molecule has 0 unspecified atom stereocenters. The fourth-order valence-corrected chi connectivity index (χ4v) is 3.20. The zero-order valence-corrected chi connectivity index (χ0v) is 10.2. The van der Waals surface area contributed by atoms with Gasteiger partial charge in [0.2, 0.25) is 0 Å². The molecule has 0 radical (unpaired) electrons. The maximum Gasteiger partial charge on any atom is 0.163 e. The van der Waals surface area contributed by atoms with Crippen LogP contribution in [0.5, 0.6) is 0 Å². The van der Waals surface area contributed by atoms with Crippen molar-refractivity contribution in [3.63, 3.8) is 0 Å². The molecule has 0 aromatic carbocycles. The zero-order valence-electron chi connectivity index (χ0n) is 10.2. The summed E-state index contributed by atoms with van der Waals surface area (Å²) in [7, 11) is 0. The Kier molecular flexibility index (Phi) is 4.62. The molecule has 94 valence electrons. The zero-order chi connectivity index (χ0) is 11.3. The summed E-state index contributed by atoms with van der Waals surface area (Å²) >= 11 is 0. The van der Waals surface area contributed by atoms with E-state index in [9.17, 15) is 0 Å². The number of rotatable bonds is 4. The monoisotopic (exact) mass is 227 g/mol. The van der Waals surface area contributed by atoms with E-state index in [2.05, 4.69) is 0 Å². The minimum atomic E-state index is 0.0529. The van der Waals surface area contributed by atoms with E-state index in [1.165, 1.54) is 44.9 Å². The number of hydrogen-bond acceptors (Lipinski definition) is 3. The van der Waals surface area contributed by atoms with Gasteiger partial charge in [0.25, 0.3) is 0 Å². The second-order valence-corrected chi connectivity index (χ2v) is 5.24. The van der Waals surface area contributed by atoms with Gasteiger partial charge in [-0.15, -0.1) is 0 Å². The van der Waals surface area contributed by atoms with Crippen LogP contribution < -0.4 is 5.73 Å². The Morgan fingerprint density at radius 1 is 1.00 bits per heavy atom. The molecule has 0 amide bonds. The normalized spacial score (nSPS) is 26.8. The van der Waals surface area contributed by atoms with Gasteiger partial charge in [0.1, 0.15) is 0 Å². The van der Waals surface area contributed by atoms with Crippen LogP contribution >= 0.6 is 0 Å². The van der Waals surface area contributed by atoms with Crippen LogP contribution in [0.1, 0.15) is 51.4 Å². The largest absolute Gasteiger partial charge is 0.350 e. The summed E-state index contributed by atoms with van der Waals surface area (Å²) in [5.41, 5.74) is 5.93. The molecule has 2 N–H and O–H groups in total. The molecule has 16 heavy (non-hydrogen) atoms. The molecule has 1 aliphatic carbocycles. The number of hydrogen-bond donors (Lipinski definition) is 1. The molecule has 0 bridgehead atoms. The van der Waals surface area contributed by atoms with Crippen molar-refractivity contribution in [2.45, 2.75) is 57.7 Å². The molecule has 2 rings (SSSR count). The molecule has 2 aliphatic rings. The van der Waals surface area contributed by atoms with Gasteiger partial charge < -0.3 is 15.2 Å². The molecule has 0 spiro atoms. The van der Waals surface area contributed by atoms with Crippen molar-refractivity contribution in [3.05, 3.63) is 0 Å². The first-order valence-electron chi connectivity index (χ1n) is 6.81. The average molecular weight is 227 g/mol. The van der Waals surface area contributed by atoms with Crippen molar-refractivity contribution in [1.29, 1.82) is 0 Å². The van der Waals surface area contributed by atoms with E-state index in [0.717, 1.165) is 26.2 Å². The Bertz CT molecular complexity index is 194. The van der Waals surface area contributed by atoms with Crippen LogP contribution in [0, 0.1) is 5.41 Å². The van der Waals surface area contributed by atoms with Crippen LogP contribution in [0.3, 0.4) is 0 Å². The minimum absolute atomic E-state index is 0.0529. The third-order valence-electron chi connectivity index (χ3n) is 4.10. The Hall–Kier alpha value is -0.120. The van der Waals surface area contributed by atoms with Gasteiger partial charge in [-0.25, -0.2) is 0 Å². The van der Waals surface area contributed by atoms with E-state index in [1.807, 2.05) is 0 Å². The summed E-state index contributed by atoms with van der Waals surface area (Å²) in [4.78, 5) is 0. The van der Waals surface area contributed by atoms with Crippen LogP contribution in [-0.2, 0) is 9.47 Å². The second kappa shape index (κ2) is 5.99. The third-order valence-corrected chi connectivity index (χ3v) is 4.10. The average Bonchev–Trinajstić information content (AvgIpc) is 2.74. The van der Waals surface area contributed by atoms with Crippen LogP contribution in [0.15, 0.2) is 0 Å². The smallest absolute Gasteiger partial charge is 0.163 e. The molecule has 1 heterocycles. The summed E-state index contributed by atoms with van der Waals surface area (Å²) in [6, 6.07) is 0. The van der Waals surface area contributed by atoms with Gasteiger partial charge in [-0.2, -0.15) is 0 Å². The van der Waals surface area contributed by atoms with E-state index in [4.69, 9.17) is 15.2 Å². The predicted octanol–water partition coefficient (Wildman–Crippen LogP) is 2.44. The topological polar surface area (TPSA) is 44.5 Å². The first-order valence-corrected chi connectivity index (χ1v) is 6.81. The molecule has 0 aromatic rings. The Labute approximate surface area is 98.7 Å². The maximum absolute atomic E-state index is 5.79. The van der Waals surface area contributed by atoms with Crippen molar-refractivity contribution in [1.82, 2.24) is 0 Å². The van der Waals surface area contributed by atoms with Crippen molar-refractivity contribution in [2.24, 2.45) is 11.1 Å². The fourth-order valence-electron chi connectivity index (χ4n) is 3.20. The van der Waals surface area contributed by atoms with E-state index in [0.29, 0.717) is 0 Å². The second-order valence-electron chi connectivity index (χ2n) is 5.24. The van der Waals surface area contributed by atoms with Crippen LogP contribution in [0.25, 0.3) is 0 Å². The van der Waals surface area contributed by atoms with Gasteiger partial charge in [-0.05, 0) is 32.2 Å². The minimum Gasteiger partial charge on any atom is -0.350 e. The van der Waals surface area contributed by atoms with Crippen molar-refractivity contribution >= 4 is 0 Å². The Morgan fingerprint density at radius 2 is 1.62 bits per heavy atom. The van der Waals surface area contributed by atoms with Crippen molar-refractivity contribution in [3.8, 4) is 0 Å². The van der Waals surface area contributed by atoms with Gasteiger partial charge in [-0.1, -0.05) is 25.7 Å². The molecule has 1 saturated carbocycles. The molecular weight excluding hydrogens is 202 g/mol. The highest BCUT2D eigenvalue weighted by Gasteiger charge is 2.41. The third kappa shape index (κ3) is 2.76. The standard InChI is InChI=1S/C13H25NO2/c14-9-5-8-13(12-15-10-11-16-12)6-3-1-2-4-7-13/h12H,1-11,14H2. The van der Waals surface area contributed by atoms with Gasteiger partial charge >= 0.3 is 0 Å². The summed E-state index contributed by atoms with van der Waals surface area (Å²) in [6.45, 7) is 2.33. The first kappa shape index (κ1) is 12.3. The molecule has 1 aliphatic heterocycles. The summed E-state index contributed by atoms with van der Waals surface area (Å²) in [6.07, 6.45) is 10.2. The van der Waals surface area contributed by atoms with E-state index < -0.39 is 0 Å². The highest BCUT2D eigenvalue weighted by molar-refractivity contribution is 4.86. The fraction of sp³-hybridized carbons (Fsp3) is 1.00. The number of nitrogens with two attached hydrogens (primary N) is 1. The molecule has 0 aromatic heterocycles. The van der Waals surface area contributed by atoms with Gasteiger partial charge in [0.15, 0.2) is 6.29 Å². The molecular formula is C13H25NO2. The van der Waals surface area contributed by atoms with Crippen molar-refractivity contribution < 1.29 is 9.47 Å². The lowest BCUT2D eigenvalue weighted by Crippen LogP contribution is -2.36. The summed E-state index contributed by atoms with van der Waals surface area (Å²) in [5, 5.41) is 0. The molecule has 1 saturated heterocycles. The quantitative estimate of drug-likeness (QED) is 0.750. The predicted molar refractivity (Wildman–Crippen MR) is 64.1 cm³/mol. The molecule has 3 nitrogen and oxygen atoms in total. The summed E-state index contributed by atoms with van der Waals surface area (Å²) < 4.78 is 11.6. The van der Waals surface area contributed by atoms with Crippen LogP contribution in [-0.4, -0.2) is 26.0 Å². The Balaban J connectivity index is 2.02. The molecule has 3 heteroatoms. The van der Waals surface area contributed by atoms with Gasteiger partial charge in [0.05, 0.1) is 13.2 Å². The lowest BCUT2D eigenvalue weighted by atomic mass is 9.75. The van der Waals surface area contributed by atoms with E-state index >= 15 is 0 Å². The highest BCUT2D eigenvalue weighted by Crippen LogP contribution is 2.44. The van der Waals surface area contributed by atoms with Crippen LogP contribution in [0.2, 0.25) is 0 Å². The van der Waals surface area contributed by atoms with E-state index in [1.54, 1.807) is 0 Å². The van der Waals surface area contributed by atoms with Crippen LogP contribution in [0.4, 0.5) is 0 Å². The maximum atomic E-state index is 5.79. The Morgan fingerprint density at radius 3 is 2.19 bits per heavy atom. The summed E-state index contributed by atoms with van der Waals surface area (Å²) in [5.74, 6) is 0. The molecule has 0 atom stereocenters. The number of ether oxygens (including phenoxy) is 2. The lowest BCUT2D eigenvalue weighted by Gasteiger charge is -2.37. The highest BCUT2D eigenvalue weighted by atomic mass is 16.7.